The first-order chi connectivity index (χ1) is 7.77. The number of carboxylic acid groups (broad SMARTS) is 1. The molecule has 5 nitrogen and oxygen atoms in total. The Labute approximate surface area is 108 Å². The average molecular weight is 296 g/mol. The molecule has 17 heavy (non-hydrogen) atoms. The fraction of sp³-hybridized carbons (Fsp3) is 0.222. The Morgan fingerprint density at radius 3 is 2.53 bits per heavy atom. The van der Waals surface area contributed by atoms with Gasteiger partial charge in [-0.1, -0.05) is 18.5 Å². The monoisotopic (exact) mass is 295 g/mol. The van der Waals surface area contributed by atoms with Crippen molar-refractivity contribution in [3.05, 3.63) is 22.7 Å². The van der Waals surface area contributed by atoms with Crippen LogP contribution in [0.3, 0.4) is 0 Å². The van der Waals surface area contributed by atoms with Crippen molar-refractivity contribution in [1.82, 2.24) is 0 Å². The van der Waals surface area contributed by atoms with Gasteiger partial charge in [0.1, 0.15) is 0 Å². The minimum atomic E-state index is -3.97. The minimum absolute atomic E-state index is 0.0131. The first kappa shape index (κ1) is 14.3. The van der Waals surface area contributed by atoms with Crippen LogP contribution in [0.2, 0.25) is 5.02 Å². The molecule has 0 aromatic heterocycles. The van der Waals surface area contributed by atoms with Gasteiger partial charge in [0.2, 0.25) is 10.0 Å². The van der Waals surface area contributed by atoms with E-state index in [0.29, 0.717) is 10.6 Å². The van der Waals surface area contributed by atoms with Crippen molar-refractivity contribution in [2.75, 3.05) is 5.75 Å². The van der Waals surface area contributed by atoms with Crippen molar-refractivity contribution in [1.29, 1.82) is 0 Å². The van der Waals surface area contributed by atoms with Crippen LogP contribution in [0.1, 0.15) is 17.3 Å². The van der Waals surface area contributed by atoms with Crippen molar-refractivity contribution < 1.29 is 18.3 Å². The van der Waals surface area contributed by atoms with Gasteiger partial charge in [0.25, 0.3) is 0 Å². The number of benzene rings is 1. The average Bonchev–Trinajstić information content (AvgIpc) is 2.15. The number of primary sulfonamides is 1. The van der Waals surface area contributed by atoms with E-state index in [-0.39, 0.29) is 15.5 Å². The molecule has 8 heteroatoms. The molecule has 0 radical (unpaired) electrons. The maximum Gasteiger partial charge on any atom is 0.337 e. The van der Waals surface area contributed by atoms with Crippen molar-refractivity contribution >= 4 is 39.4 Å². The molecule has 0 saturated carbocycles. The fourth-order valence-corrected chi connectivity index (χ4v) is 3.36. The number of rotatable bonds is 4. The Kier molecular flexibility index (Phi) is 4.42. The van der Waals surface area contributed by atoms with Gasteiger partial charge in [0, 0.05) is 4.90 Å². The number of aromatic carboxylic acids is 1. The predicted molar refractivity (Wildman–Crippen MR) is 66.2 cm³/mol. The third-order valence-electron chi connectivity index (χ3n) is 1.87. The van der Waals surface area contributed by atoms with Crippen LogP contribution in [0.15, 0.2) is 21.9 Å². The zero-order valence-electron chi connectivity index (χ0n) is 8.81. The summed E-state index contributed by atoms with van der Waals surface area (Å²) < 4.78 is 22.7. The molecule has 0 saturated heterocycles. The van der Waals surface area contributed by atoms with Gasteiger partial charge in [-0.2, -0.15) is 0 Å². The molecule has 1 rings (SSSR count). The van der Waals surface area contributed by atoms with Crippen LogP contribution < -0.4 is 5.14 Å². The largest absolute Gasteiger partial charge is 0.478 e. The number of carboxylic acids is 1. The molecular weight excluding hydrogens is 286 g/mol. The van der Waals surface area contributed by atoms with E-state index in [1.165, 1.54) is 17.8 Å². The molecule has 1 aromatic carbocycles. The summed E-state index contributed by atoms with van der Waals surface area (Å²) in [6.45, 7) is 1.83. The number of carbonyl (C=O) groups is 1. The van der Waals surface area contributed by atoms with Gasteiger partial charge in [0.15, 0.2) is 0 Å². The normalized spacial score (nSPS) is 11.5. The summed E-state index contributed by atoms with van der Waals surface area (Å²) in [6, 6.07) is 2.29. The van der Waals surface area contributed by atoms with Crippen molar-refractivity contribution in [3.63, 3.8) is 0 Å². The van der Waals surface area contributed by atoms with Crippen LogP contribution in [0.5, 0.6) is 0 Å². The third-order valence-corrected chi connectivity index (χ3v) is 4.20. The van der Waals surface area contributed by atoms with Gasteiger partial charge >= 0.3 is 5.97 Å². The summed E-state index contributed by atoms with van der Waals surface area (Å²) in [5.41, 5.74) is -0.281. The first-order valence-electron chi connectivity index (χ1n) is 4.49. The quantitative estimate of drug-likeness (QED) is 0.825. The third kappa shape index (κ3) is 3.35. The maximum atomic E-state index is 11.3. The Morgan fingerprint density at radius 2 is 2.12 bits per heavy atom. The number of hydrogen-bond acceptors (Lipinski definition) is 4. The van der Waals surface area contributed by atoms with Gasteiger partial charge in [-0.05, 0) is 17.9 Å². The van der Waals surface area contributed by atoms with Gasteiger partial charge < -0.3 is 5.11 Å². The molecule has 0 amide bonds. The number of nitrogens with two attached hydrogens (primary N) is 1. The van der Waals surface area contributed by atoms with Crippen LogP contribution >= 0.6 is 23.4 Å². The SMILES string of the molecule is CCSc1cc(Cl)c(C(=O)O)cc1S(N)(=O)=O. The number of hydrogen-bond donors (Lipinski definition) is 2. The highest BCUT2D eigenvalue weighted by Crippen LogP contribution is 2.31. The molecule has 0 fully saturated rings. The zero-order valence-corrected chi connectivity index (χ0v) is 11.2. The second kappa shape index (κ2) is 5.26. The maximum absolute atomic E-state index is 11.3. The standard InChI is InChI=1S/C9H10ClNO4S2/c1-2-16-7-4-6(10)5(9(12)13)3-8(7)17(11,14)15/h3-4H,2H2,1H3,(H,12,13)(H2,11,14,15). The summed E-state index contributed by atoms with van der Waals surface area (Å²) in [6.07, 6.45) is 0. The molecule has 94 valence electrons. The van der Waals surface area contributed by atoms with Gasteiger partial charge in [-0.25, -0.2) is 18.4 Å². The predicted octanol–water partition coefficient (Wildman–Crippen LogP) is 1.80. The number of sulfonamides is 1. The Bertz CT molecular complexity index is 556. The lowest BCUT2D eigenvalue weighted by atomic mass is 10.2. The van der Waals surface area contributed by atoms with Crippen molar-refractivity contribution in [2.24, 2.45) is 5.14 Å². The molecule has 0 aliphatic carbocycles. The molecule has 3 N–H and O–H groups in total. The summed E-state index contributed by atoms with van der Waals surface area (Å²) >= 11 is 6.98. The van der Waals surface area contributed by atoms with Crippen LogP contribution in [-0.2, 0) is 10.0 Å². The summed E-state index contributed by atoms with van der Waals surface area (Å²) in [7, 11) is -3.97. The van der Waals surface area contributed by atoms with E-state index < -0.39 is 16.0 Å². The minimum Gasteiger partial charge on any atom is -0.478 e. The van der Waals surface area contributed by atoms with E-state index in [4.69, 9.17) is 21.8 Å². The van der Waals surface area contributed by atoms with Crippen LogP contribution in [0.25, 0.3) is 0 Å². The lowest BCUT2D eigenvalue weighted by Crippen LogP contribution is -2.14. The molecule has 0 aliphatic heterocycles. The van der Waals surface area contributed by atoms with E-state index in [1.807, 2.05) is 6.92 Å². The Morgan fingerprint density at radius 1 is 1.53 bits per heavy atom. The summed E-state index contributed by atoms with van der Waals surface area (Å²) in [4.78, 5) is 11.0. The molecular formula is C9H10ClNO4S2. The second-order valence-corrected chi connectivity index (χ2v) is 6.30. The Hall–Kier alpha value is -0.760. The zero-order chi connectivity index (χ0) is 13.2. The molecule has 0 spiro atoms. The Balaban J connectivity index is 3.53. The first-order valence-corrected chi connectivity index (χ1v) is 7.40. The van der Waals surface area contributed by atoms with Crippen molar-refractivity contribution in [2.45, 2.75) is 16.7 Å². The highest BCUT2D eigenvalue weighted by atomic mass is 35.5. The van der Waals surface area contributed by atoms with Gasteiger partial charge in [-0.15, -0.1) is 11.8 Å². The number of halogens is 1. The van der Waals surface area contributed by atoms with E-state index in [2.05, 4.69) is 0 Å². The molecule has 0 bridgehead atoms. The van der Waals surface area contributed by atoms with Gasteiger partial charge in [-0.3, -0.25) is 0 Å². The second-order valence-electron chi connectivity index (χ2n) is 3.06. The fourth-order valence-electron chi connectivity index (χ4n) is 1.19. The van der Waals surface area contributed by atoms with Crippen LogP contribution in [0.4, 0.5) is 0 Å². The van der Waals surface area contributed by atoms with Crippen molar-refractivity contribution in [3.8, 4) is 0 Å². The van der Waals surface area contributed by atoms with Gasteiger partial charge in [0.05, 0.1) is 15.5 Å². The molecule has 1 aromatic rings. The van der Waals surface area contributed by atoms with E-state index in [9.17, 15) is 13.2 Å². The van der Waals surface area contributed by atoms with E-state index in [0.717, 1.165) is 6.07 Å². The van der Waals surface area contributed by atoms with E-state index >= 15 is 0 Å². The van der Waals surface area contributed by atoms with Crippen LogP contribution in [0, 0.1) is 0 Å². The molecule has 0 unspecified atom stereocenters. The van der Waals surface area contributed by atoms with E-state index in [1.54, 1.807) is 0 Å². The highest BCUT2D eigenvalue weighted by Gasteiger charge is 2.20. The highest BCUT2D eigenvalue weighted by molar-refractivity contribution is 8.00. The lowest BCUT2D eigenvalue weighted by molar-refractivity contribution is 0.0696. The molecule has 0 atom stereocenters. The molecule has 0 aliphatic rings. The summed E-state index contributed by atoms with van der Waals surface area (Å²) in [5.74, 6) is -0.682. The topological polar surface area (TPSA) is 97.5 Å². The smallest absolute Gasteiger partial charge is 0.337 e. The molecule has 0 heterocycles. The van der Waals surface area contributed by atoms with Crippen LogP contribution in [-0.4, -0.2) is 25.2 Å². The lowest BCUT2D eigenvalue weighted by Gasteiger charge is -2.09. The summed E-state index contributed by atoms with van der Waals surface area (Å²) in [5, 5.41) is 13.9. The number of thioether (sulfide) groups is 1.